The highest BCUT2D eigenvalue weighted by molar-refractivity contribution is 6.58. The molecule has 0 aliphatic rings. The quantitative estimate of drug-likeness (QED) is 0.524. The minimum atomic E-state index is -1.50. The van der Waals surface area contributed by atoms with Crippen molar-refractivity contribution in [2.45, 2.75) is 33.1 Å². The molecule has 0 aliphatic carbocycles. The van der Waals surface area contributed by atoms with Crippen LogP contribution in [0.1, 0.15) is 36.5 Å². The summed E-state index contributed by atoms with van der Waals surface area (Å²) in [5.41, 5.74) is 5.12. The zero-order valence-corrected chi connectivity index (χ0v) is 17.4. The molecule has 0 fully saturated rings. The van der Waals surface area contributed by atoms with E-state index in [0.29, 0.717) is 11.2 Å². The van der Waals surface area contributed by atoms with Crippen LogP contribution in [0.4, 0.5) is 10.5 Å². The molecule has 3 rings (SSSR count). The first-order valence-corrected chi connectivity index (χ1v) is 9.90. The molecule has 0 spiro atoms. The minimum Gasteiger partial charge on any atom is -0.449 e. The van der Waals surface area contributed by atoms with Gasteiger partial charge in [0.15, 0.2) is 0 Å². The number of carbonyl (C=O) groups is 1. The minimum absolute atomic E-state index is 0.0320. The molecule has 3 aromatic rings. The van der Waals surface area contributed by atoms with E-state index in [0.717, 1.165) is 28.8 Å². The Morgan fingerprint density at radius 3 is 2.70 bits per heavy atom. The Morgan fingerprint density at radius 1 is 1.27 bits per heavy atom. The summed E-state index contributed by atoms with van der Waals surface area (Å²) < 4.78 is 7.34. The van der Waals surface area contributed by atoms with Crippen LogP contribution in [0.15, 0.2) is 55.1 Å². The Labute approximate surface area is 176 Å². The highest BCUT2D eigenvalue weighted by Crippen LogP contribution is 2.22. The normalized spacial score (nSPS) is 11.8. The van der Waals surface area contributed by atoms with Crippen molar-refractivity contribution in [3.63, 3.8) is 0 Å². The number of anilines is 1. The fourth-order valence-electron chi connectivity index (χ4n) is 3.46. The number of hydrogen-bond acceptors (Lipinski definition) is 5. The van der Waals surface area contributed by atoms with Gasteiger partial charge in [0.05, 0.1) is 12.9 Å². The number of nitrogens with one attached hydrogen (secondary N) is 1. The van der Waals surface area contributed by atoms with E-state index in [-0.39, 0.29) is 12.5 Å². The van der Waals surface area contributed by atoms with Gasteiger partial charge < -0.3 is 19.4 Å². The second-order valence-electron chi connectivity index (χ2n) is 7.28. The topological polar surface area (TPSA) is 96.6 Å². The summed E-state index contributed by atoms with van der Waals surface area (Å²) >= 11 is 0. The predicted molar refractivity (Wildman–Crippen MR) is 117 cm³/mol. The molecule has 30 heavy (non-hydrogen) atoms. The highest BCUT2D eigenvalue weighted by atomic mass is 16.5. The van der Waals surface area contributed by atoms with E-state index in [1.807, 2.05) is 48.9 Å². The molecule has 7 nitrogen and oxygen atoms in total. The van der Waals surface area contributed by atoms with Crippen molar-refractivity contribution in [2.24, 2.45) is 0 Å². The first kappa shape index (κ1) is 21.6. The number of benzene rings is 2. The summed E-state index contributed by atoms with van der Waals surface area (Å²) in [6.07, 6.45) is 5.65. The van der Waals surface area contributed by atoms with Crippen molar-refractivity contribution in [1.82, 2.24) is 9.55 Å². The van der Waals surface area contributed by atoms with Crippen LogP contribution in [0.2, 0.25) is 0 Å². The molecule has 1 amide bonds. The lowest BCUT2D eigenvalue weighted by molar-refractivity contribution is 0.155. The van der Waals surface area contributed by atoms with Crippen molar-refractivity contribution in [2.75, 3.05) is 11.9 Å². The van der Waals surface area contributed by atoms with Crippen LogP contribution in [0.3, 0.4) is 0 Å². The van der Waals surface area contributed by atoms with Crippen LogP contribution in [0.5, 0.6) is 0 Å². The van der Waals surface area contributed by atoms with Crippen LogP contribution < -0.4 is 10.8 Å². The molecule has 2 aromatic carbocycles. The average molecular weight is 407 g/mol. The Morgan fingerprint density at radius 2 is 2.07 bits per heavy atom. The summed E-state index contributed by atoms with van der Waals surface area (Å²) in [7, 11) is -1.50. The third-order valence-corrected chi connectivity index (χ3v) is 5.08. The van der Waals surface area contributed by atoms with E-state index in [1.54, 1.807) is 24.7 Å². The molecule has 0 aliphatic heterocycles. The van der Waals surface area contributed by atoms with Gasteiger partial charge in [-0.25, -0.2) is 9.78 Å². The molecular formula is C22H26BN3O4. The average Bonchev–Trinajstić information content (AvgIpc) is 3.26. The van der Waals surface area contributed by atoms with Crippen molar-refractivity contribution < 1.29 is 19.6 Å². The lowest BCUT2D eigenvalue weighted by atomic mass is 9.78. The van der Waals surface area contributed by atoms with Crippen molar-refractivity contribution in [1.29, 1.82) is 0 Å². The number of rotatable bonds is 7. The molecule has 156 valence electrons. The summed E-state index contributed by atoms with van der Waals surface area (Å²) in [6, 6.07) is 10.9. The molecule has 0 unspecified atom stereocenters. The van der Waals surface area contributed by atoms with Gasteiger partial charge in [0.25, 0.3) is 0 Å². The van der Waals surface area contributed by atoms with E-state index in [9.17, 15) is 14.8 Å². The molecule has 1 atom stereocenters. The van der Waals surface area contributed by atoms with Gasteiger partial charge in [-0.05, 0) is 53.7 Å². The largest absolute Gasteiger partial charge is 0.488 e. The Kier molecular flexibility index (Phi) is 6.92. The molecule has 0 saturated carbocycles. The standard InChI is InChI=1S/C22H26BN3O4/c1-4-17-12-19(6-8-21(17)26-10-9-24-14-26)25-22(27)30-13-16(3)20-7-5-18(23(28)29)11-15(20)2/h5-12,14,16,28-29H,4,13H2,1-3H3,(H,25,27)/t16-/m0/s1. The number of hydrogen-bond donors (Lipinski definition) is 3. The van der Waals surface area contributed by atoms with Gasteiger partial charge >= 0.3 is 13.2 Å². The highest BCUT2D eigenvalue weighted by Gasteiger charge is 2.16. The summed E-state index contributed by atoms with van der Waals surface area (Å²) in [5, 5.41) is 21.3. The van der Waals surface area contributed by atoms with E-state index < -0.39 is 13.2 Å². The van der Waals surface area contributed by atoms with Gasteiger partial charge in [-0.2, -0.15) is 0 Å². The van der Waals surface area contributed by atoms with Crippen molar-refractivity contribution in [3.8, 4) is 5.69 Å². The van der Waals surface area contributed by atoms with Crippen molar-refractivity contribution >= 4 is 24.4 Å². The molecule has 0 radical (unpaired) electrons. The number of nitrogens with zero attached hydrogens (tertiary/aromatic N) is 2. The van der Waals surface area contributed by atoms with E-state index >= 15 is 0 Å². The lowest BCUT2D eigenvalue weighted by Crippen LogP contribution is -2.30. The lowest BCUT2D eigenvalue weighted by Gasteiger charge is -2.17. The molecule has 0 bridgehead atoms. The third kappa shape index (κ3) is 5.08. The maximum atomic E-state index is 12.3. The van der Waals surface area contributed by atoms with Gasteiger partial charge in [-0.1, -0.05) is 32.0 Å². The molecule has 8 heteroatoms. The smallest absolute Gasteiger partial charge is 0.449 e. The second-order valence-corrected chi connectivity index (χ2v) is 7.28. The monoisotopic (exact) mass is 407 g/mol. The number of imidazole rings is 1. The van der Waals surface area contributed by atoms with Crippen molar-refractivity contribution in [3.05, 3.63) is 71.8 Å². The zero-order chi connectivity index (χ0) is 21.7. The van der Waals surface area contributed by atoms with Gasteiger partial charge in [-0.15, -0.1) is 0 Å². The summed E-state index contributed by atoms with van der Waals surface area (Å²) in [5.74, 6) is -0.0320. The first-order chi connectivity index (χ1) is 14.4. The Balaban J connectivity index is 1.61. The van der Waals surface area contributed by atoms with Gasteiger partial charge in [-0.3, -0.25) is 5.32 Å². The fraction of sp³-hybridized carbons (Fsp3) is 0.273. The maximum absolute atomic E-state index is 12.3. The van der Waals surface area contributed by atoms with Gasteiger partial charge in [0.2, 0.25) is 0 Å². The molecular weight excluding hydrogens is 381 g/mol. The van der Waals surface area contributed by atoms with Crippen LogP contribution in [0.25, 0.3) is 5.69 Å². The Bertz CT molecular complexity index is 1010. The number of amides is 1. The van der Waals surface area contributed by atoms with Crippen LogP contribution in [-0.2, 0) is 11.2 Å². The van der Waals surface area contributed by atoms with Crippen LogP contribution >= 0.6 is 0 Å². The predicted octanol–water partition coefficient (Wildman–Crippen LogP) is 2.78. The molecule has 1 heterocycles. The molecule has 0 saturated heterocycles. The summed E-state index contributed by atoms with van der Waals surface area (Å²) in [4.78, 5) is 16.4. The molecule has 1 aromatic heterocycles. The van der Waals surface area contributed by atoms with E-state index in [1.165, 1.54) is 0 Å². The first-order valence-electron chi connectivity index (χ1n) is 9.90. The van der Waals surface area contributed by atoms with Crippen LogP contribution in [-0.4, -0.2) is 39.4 Å². The van der Waals surface area contributed by atoms with Gasteiger partial charge in [0.1, 0.15) is 0 Å². The second kappa shape index (κ2) is 9.60. The molecule has 3 N–H and O–H groups in total. The van der Waals surface area contributed by atoms with E-state index in [2.05, 4.69) is 17.2 Å². The Hall–Kier alpha value is -3.10. The number of carbonyl (C=O) groups excluding carboxylic acids is 1. The SMILES string of the molecule is CCc1cc(NC(=O)OC[C@H](C)c2ccc(B(O)O)cc2C)ccc1-n1ccnc1. The number of aromatic nitrogens is 2. The number of ether oxygens (including phenoxy) is 1. The number of aryl methyl sites for hydroxylation is 2. The fourth-order valence-corrected chi connectivity index (χ4v) is 3.46. The third-order valence-electron chi connectivity index (χ3n) is 5.08. The van der Waals surface area contributed by atoms with Crippen LogP contribution in [0, 0.1) is 6.92 Å². The van der Waals surface area contributed by atoms with E-state index in [4.69, 9.17) is 4.74 Å². The summed E-state index contributed by atoms with van der Waals surface area (Å²) in [6.45, 7) is 6.12. The zero-order valence-electron chi connectivity index (χ0n) is 17.4. The maximum Gasteiger partial charge on any atom is 0.488 e. The van der Waals surface area contributed by atoms with Gasteiger partial charge in [0, 0.05) is 29.7 Å².